The third-order valence-corrected chi connectivity index (χ3v) is 1.97. The predicted molar refractivity (Wildman–Crippen MR) is 57.9 cm³/mol. The zero-order valence-corrected chi connectivity index (χ0v) is 9.22. The molecule has 0 aliphatic carbocycles. The molecule has 2 N–H and O–H groups in total. The second-order valence-corrected chi connectivity index (χ2v) is 4.44. The van der Waals surface area contributed by atoms with Gasteiger partial charge >= 0.3 is 0 Å². The van der Waals surface area contributed by atoms with Crippen LogP contribution in [0, 0.1) is 11.6 Å². The van der Waals surface area contributed by atoms with Crippen molar-refractivity contribution in [1.29, 1.82) is 0 Å². The van der Waals surface area contributed by atoms with E-state index in [2.05, 4.69) is 0 Å². The SMILES string of the molecule is CN(CC(C)(C)N)c1ccc(F)cc1F. The second kappa shape index (κ2) is 4.14. The Morgan fingerprint density at radius 1 is 1.33 bits per heavy atom. The highest BCUT2D eigenvalue weighted by atomic mass is 19.1. The molecule has 0 atom stereocenters. The Morgan fingerprint density at radius 3 is 2.40 bits per heavy atom. The van der Waals surface area contributed by atoms with E-state index in [-0.39, 0.29) is 0 Å². The van der Waals surface area contributed by atoms with Crippen LogP contribution >= 0.6 is 0 Å². The third-order valence-electron chi connectivity index (χ3n) is 1.97. The molecule has 84 valence electrons. The van der Waals surface area contributed by atoms with Crippen molar-refractivity contribution in [2.75, 3.05) is 18.5 Å². The Morgan fingerprint density at radius 2 is 1.93 bits per heavy atom. The molecule has 2 nitrogen and oxygen atoms in total. The van der Waals surface area contributed by atoms with Gasteiger partial charge in [0, 0.05) is 25.2 Å². The summed E-state index contributed by atoms with van der Waals surface area (Å²) in [5, 5.41) is 0. The lowest BCUT2D eigenvalue weighted by Crippen LogP contribution is -2.44. The molecule has 15 heavy (non-hydrogen) atoms. The van der Waals surface area contributed by atoms with Gasteiger partial charge in [-0.3, -0.25) is 0 Å². The van der Waals surface area contributed by atoms with E-state index in [4.69, 9.17) is 5.73 Å². The summed E-state index contributed by atoms with van der Waals surface area (Å²) in [6.45, 7) is 4.20. The molecular formula is C11H16F2N2. The van der Waals surface area contributed by atoms with Crippen LogP contribution in [0.3, 0.4) is 0 Å². The van der Waals surface area contributed by atoms with E-state index in [0.29, 0.717) is 12.2 Å². The highest BCUT2D eigenvalue weighted by molar-refractivity contribution is 5.47. The fourth-order valence-corrected chi connectivity index (χ4v) is 1.49. The molecule has 0 heterocycles. The quantitative estimate of drug-likeness (QED) is 0.835. The molecule has 0 aromatic heterocycles. The molecule has 0 unspecified atom stereocenters. The number of nitrogens with two attached hydrogens (primary N) is 1. The summed E-state index contributed by atoms with van der Waals surface area (Å²) in [4.78, 5) is 1.68. The minimum absolute atomic E-state index is 0.356. The van der Waals surface area contributed by atoms with E-state index in [9.17, 15) is 8.78 Å². The largest absolute Gasteiger partial charge is 0.370 e. The van der Waals surface area contributed by atoms with Crippen LogP contribution in [-0.4, -0.2) is 19.1 Å². The van der Waals surface area contributed by atoms with Gasteiger partial charge in [-0.1, -0.05) is 0 Å². The molecule has 1 rings (SSSR count). The molecule has 0 spiro atoms. The number of rotatable bonds is 3. The van der Waals surface area contributed by atoms with Crippen LogP contribution in [0.2, 0.25) is 0 Å². The fourth-order valence-electron chi connectivity index (χ4n) is 1.49. The minimum atomic E-state index is -0.573. The molecule has 0 amide bonds. The fraction of sp³-hybridized carbons (Fsp3) is 0.455. The first-order chi connectivity index (χ1) is 6.79. The van der Waals surface area contributed by atoms with Crippen molar-refractivity contribution >= 4 is 5.69 Å². The van der Waals surface area contributed by atoms with Gasteiger partial charge in [-0.15, -0.1) is 0 Å². The maximum Gasteiger partial charge on any atom is 0.149 e. The van der Waals surface area contributed by atoms with Crippen LogP contribution < -0.4 is 10.6 Å². The lowest BCUT2D eigenvalue weighted by molar-refractivity contribution is 0.512. The van der Waals surface area contributed by atoms with Crippen molar-refractivity contribution in [2.45, 2.75) is 19.4 Å². The Labute approximate surface area is 88.7 Å². The average Bonchev–Trinajstić information content (AvgIpc) is 1.99. The second-order valence-electron chi connectivity index (χ2n) is 4.44. The van der Waals surface area contributed by atoms with Crippen LogP contribution in [0.1, 0.15) is 13.8 Å². The highest BCUT2D eigenvalue weighted by Gasteiger charge is 2.16. The monoisotopic (exact) mass is 214 g/mol. The molecule has 4 heteroatoms. The summed E-state index contributed by atoms with van der Waals surface area (Å²) in [5.41, 5.74) is 5.75. The molecule has 0 saturated heterocycles. The lowest BCUT2D eigenvalue weighted by atomic mass is 10.1. The minimum Gasteiger partial charge on any atom is -0.370 e. The Bertz CT molecular complexity index is 345. The van der Waals surface area contributed by atoms with Crippen LogP contribution in [0.5, 0.6) is 0 Å². The number of halogens is 2. The molecule has 0 radical (unpaired) electrons. The van der Waals surface area contributed by atoms with Gasteiger partial charge in [-0.2, -0.15) is 0 Å². The van der Waals surface area contributed by atoms with E-state index in [0.717, 1.165) is 6.07 Å². The van der Waals surface area contributed by atoms with Crippen molar-refractivity contribution in [1.82, 2.24) is 0 Å². The highest BCUT2D eigenvalue weighted by Crippen LogP contribution is 2.19. The third kappa shape index (κ3) is 3.47. The van der Waals surface area contributed by atoms with Gasteiger partial charge in [0.25, 0.3) is 0 Å². The van der Waals surface area contributed by atoms with Crippen molar-refractivity contribution < 1.29 is 8.78 Å². The van der Waals surface area contributed by atoms with Crippen molar-refractivity contribution in [2.24, 2.45) is 5.73 Å². The van der Waals surface area contributed by atoms with Gasteiger partial charge < -0.3 is 10.6 Å². The first kappa shape index (κ1) is 11.9. The van der Waals surface area contributed by atoms with Crippen molar-refractivity contribution in [3.05, 3.63) is 29.8 Å². The van der Waals surface area contributed by atoms with Gasteiger partial charge in [0.1, 0.15) is 11.6 Å². The smallest absolute Gasteiger partial charge is 0.149 e. The first-order valence-electron chi connectivity index (χ1n) is 4.75. The summed E-state index contributed by atoms with van der Waals surface area (Å²) in [5.74, 6) is -1.14. The van der Waals surface area contributed by atoms with Crippen LogP contribution in [0.4, 0.5) is 14.5 Å². The number of likely N-dealkylation sites (N-methyl/N-ethyl adjacent to an activating group) is 1. The van der Waals surface area contributed by atoms with E-state index in [1.54, 1.807) is 11.9 Å². The Balaban J connectivity index is 2.87. The number of anilines is 1. The van der Waals surface area contributed by atoms with Crippen LogP contribution in [0.15, 0.2) is 18.2 Å². The lowest BCUT2D eigenvalue weighted by Gasteiger charge is -2.28. The Hall–Kier alpha value is -1.16. The first-order valence-corrected chi connectivity index (χ1v) is 4.75. The summed E-state index contributed by atoms with van der Waals surface area (Å²) < 4.78 is 26.0. The molecule has 0 aliphatic heterocycles. The standard InChI is InChI=1S/C11H16F2N2/c1-11(2,14)7-15(3)10-5-4-8(12)6-9(10)13/h4-6H,7,14H2,1-3H3. The topological polar surface area (TPSA) is 29.3 Å². The van der Waals surface area contributed by atoms with Gasteiger partial charge in [0.15, 0.2) is 0 Å². The zero-order valence-electron chi connectivity index (χ0n) is 9.22. The van der Waals surface area contributed by atoms with Gasteiger partial charge in [0.05, 0.1) is 5.69 Å². The number of hydrogen-bond acceptors (Lipinski definition) is 2. The van der Waals surface area contributed by atoms with Crippen LogP contribution in [0.25, 0.3) is 0 Å². The van der Waals surface area contributed by atoms with Gasteiger partial charge in [0.2, 0.25) is 0 Å². The van der Waals surface area contributed by atoms with E-state index in [1.807, 2.05) is 13.8 Å². The molecule has 1 aromatic carbocycles. The van der Waals surface area contributed by atoms with E-state index in [1.165, 1.54) is 12.1 Å². The van der Waals surface area contributed by atoms with Crippen molar-refractivity contribution in [3.63, 3.8) is 0 Å². The summed E-state index contributed by atoms with van der Waals surface area (Å²) in [6.07, 6.45) is 0. The number of hydrogen-bond donors (Lipinski definition) is 1. The Kier molecular flexibility index (Phi) is 3.29. The van der Waals surface area contributed by atoms with Gasteiger partial charge in [-0.05, 0) is 26.0 Å². The summed E-state index contributed by atoms with van der Waals surface area (Å²) >= 11 is 0. The summed E-state index contributed by atoms with van der Waals surface area (Å²) in [7, 11) is 1.73. The van der Waals surface area contributed by atoms with Crippen LogP contribution in [-0.2, 0) is 0 Å². The molecule has 1 aromatic rings. The molecule has 0 aliphatic rings. The molecular weight excluding hydrogens is 198 g/mol. The molecule has 0 fully saturated rings. The molecule has 0 saturated carbocycles. The maximum atomic E-state index is 13.4. The number of nitrogens with zero attached hydrogens (tertiary/aromatic N) is 1. The van der Waals surface area contributed by atoms with Crippen molar-refractivity contribution in [3.8, 4) is 0 Å². The number of benzene rings is 1. The van der Waals surface area contributed by atoms with E-state index >= 15 is 0 Å². The summed E-state index contributed by atoms with van der Waals surface area (Å²) in [6, 6.07) is 3.52. The van der Waals surface area contributed by atoms with E-state index < -0.39 is 17.2 Å². The molecule has 0 bridgehead atoms. The van der Waals surface area contributed by atoms with Gasteiger partial charge in [-0.25, -0.2) is 8.78 Å². The maximum absolute atomic E-state index is 13.4. The normalized spacial score (nSPS) is 11.6. The average molecular weight is 214 g/mol. The zero-order chi connectivity index (χ0) is 11.6. The predicted octanol–water partition coefficient (Wildman–Crippen LogP) is 2.14.